The normalized spacial score (nSPS) is 24.9. The molecule has 0 aromatic carbocycles. The fraction of sp³-hybridized carbons (Fsp3) is 0.619. The van der Waals surface area contributed by atoms with Crippen LogP contribution in [0.4, 0.5) is 0 Å². The predicted octanol–water partition coefficient (Wildman–Crippen LogP) is 1.66. The molecule has 1 atom stereocenters. The molecule has 4 heterocycles. The van der Waals surface area contributed by atoms with Gasteiger partial charge in [0, 0.05) is 25.7 Å². The molecule has 30 heavy (non-hydrogen) atoms. The highest BCUT2D eigenvalue weighted by atomic mass is 16.3. The van der Waals surface area contributed by atoms with Crippen molar-refractivity contribution in [2.45, 2.75) is 63.2 Å². The summed E-state index contributed by atoms with van der Waals surface area (Å²) in [7, 11) is 2.06. The zero-order valence-corrected chi connectivity index (χ0v) is 17.3. The fourth-order valence-corrected chi connectivity index (χ4v) is 5.10. The smallest absolute Gasteiger partial charge is 0.289 e. The number of rotatable bonds is 3. The van der Waals surface area contributed by atoms with Crippen LogP contribution in [0.25, 0.3) is 0 Å². The number of amides is 2. The number of carbonyl (C=O) groups excluding carboxylic acids is 2. The van der Waals surface area contributed by atoms with Crippen LogP contribution in [0, 0.1) is 0 Å². The third-order valence-electron chi connectivity index (χ3n) is 6.96. The number of hydrogen-bond donors (Lipinski definition) is 1. The van der Waals surface area contributed by atoms with Crippen molar-refractivity contribution >= 4 is 11.8 Å². The van der Waals surface area contributed by atoms with Gasteiger partial charge in [0.25, 0.3) is 11.8 Å². The Balaban J connectivity index is 1.34. The number of nitrogens with zero attached hydrogens (tertiary/aromatic N) is 5. The third-order valence-corrected chi connectivity index (χ3v) is 6.96. The maximum Gasteiger partial charge on any atom is 0.289 e. The quantitative estimate of drug-likeness (QED) is 0.824. The zero-order chi connectivity index (χ0) is 20.7. The van der Waals surface area contributed by atoms with Crippen molar-refractivity contribution in [2.24, 2.45) is 0 Å². The molecule has 9 nitrogen and oxygen atoms in total. The van der Waals surface area contributed by atoms with E-state index in [1.165, 1.54) is 12.7 Å². The van der Waals surface area contributed by atoms with E-state index in [0.717, 1.165) is 37.9 Å². The molecule has 0 radical (unpaired) electrons. The lowest BCUT2D eigenvalue weighted by molar-refractivity contribution is 0.0553. The first-order chi connectivity index (χ1) is 14.6. The average molecular weight is 412 g/mol. The number of likely N-dealkylation sites (tertiary alicyclic amines) is 1. The van der Waals surface area contributed by atoms with Gasteiger partial charge < -0.3 is 19.2 Å². The van der Waals surface area contributed by atoms with Gasteiger partial charge in [-0.25, -0.2) is 0 Å². The molecule has 2 fully saturated rings. The first-order valence-corrected chi connectivity index (χ1v) is 10.8. The number of furan rings is 1. The molecular weight excluding hydrogens is 384 g/mol. The molecule has 1 saturated carbocycles. The maximum atomic E-state index is 12.9. The second-order valence-electron chi connectivity index (χ2n) is 8.87. The van der Waals surface area contributed by atoms with Crippen molar-refractivity contribution in [1.29, 1.82) is 0 Å². The molecule has 2 aliphatic heterocycles. The average Bonchev–Trinajstić information content (AvgIpc) is 3.49. The first kappa shape index (κ1) is 19.3. The monoisotopic (exact) mass is 412 g/mol. The van der Waals surface area contributed by atoms with E-state index in [-0.39, 0.29) is 23.4 Å². The highest BCUT2D eigenvalue weighted by Gasteiger charge is 2.47. The lowest BCUT2D eigenvalue weighted by Gasteiger charge is -2.42. The second-order valence-corrected chi connectivity index (χ2v) is 8.87. The molecular formula is C21H28N6O3. The van der Waals surface area contributed by atoms with Crippen LogP contribution in [0.1, 0.15) is 65.5 Å². The zero-order valence-electron chi connectivity index (χ0n) is 17.3. The fourth-order valence-electron chi connectivity index (χ4n) is 5.10. The van der Waals surface area contributed by atoms with Crippen LogP contribution in [0.15, 0.2) is 22.8 Å². The molecule has 2 aromatic rings. The Hall–Kier alpha value is -2.68. The van der Waals surface area contributed by atoms with Gasteiger partial charge in [0.1, 0.15) is 5.82 Å². The maximum absolute atomic E-state index is 12.9. The molecule has 1 spiro atoms. The number of carbonyl (C=O) groups is 2. The molecule has 1 unspecified atom stereocenters. The minimum Gasteiger partial charge on any atom is -0.459 e. The summed E-state index contributed by atoms with van der Waals surface area (Å²) in [6.07, 6.45) is 7.98. The van der Waals surface area contributed by atoms with E-state index in [0.29, 0.717) is 37.8 Å². The predicted molar refractivity (Wildman–Crippen MR) is 108 cm³/mol. The van der Waals surface area contributed by atoms with E-state index < -0.39 is 0 Å². The van der Waals surface area contributed by atoms with Gasteiger partial charge in [-0.1, -0.05) is 19.3 Å². The van der Waals surface area contributed by atoms with Crippen LogP contribution < -0.4 is 5.32 Å². The van der Waals surface area contributed by atoms with Crippen molar-refractivity contribution in [3.8, 4) is 0 Å². The first-order valence-electron chi connectivity index (χ1n) is 10.8. The molecule has 160 valence electrons. The molecule has 1 aliphatic carbocycles. The summed E-state index contributed by atoms with van der Waals surface area (Å²) >= 11 is 0. The summed E-state index contributed by atoms with van der Waals surface area (Å²) in [5, 5.41) is 11.7. The topological polar surface area (TPSA) is 96.5 Å². The highest BCUT2D eigenvalue weighted by molar-refractivity contribution is 5.92. The molecule has 9 heteroatoms. The van der Waals surface area contributed by atoms with E-state index in [1.54, 1.807) is 12.1 Å². The van der Waals surface area contributed by atoms with Crippen LogP contribution in [0.2, 0.25) is 0 Å². The van der Waals surface area contributed by atoms with Gasteiger partial charge in [-0.05, 0) is 38.4 Å². The van der Waals surface area contributed by atoms with E-state index in [1.807, 2.05) is 9.47 Å². The standard InChI is InChI=1S/C21H28N6O3/c1-25-12-17-23-24-18(19(28)22-15-6-3-2-4-7-15)27(17)14-21(25)9-10-26(13-21)20(29)16-8-5-11-30-16/h5,8,11,15H,2-4,6-7,9-10,12-14H2,1H3,(H,22,28). The Kier molecular flexibility index (Phi) is 4.85. The Morgan fingerprint density at radius 1 is 1.20 bits per heavy atom. The van der Waals surface area contributed by atoms with Crippen LogP contribution in [0.5, 0.6) is 0 Å². The summed E-state index contributed by atoms with van der Waals surface area (Å²) in [6.45, 7) is 2.45. The summed E-state index contributed by atoms with van der Waals surface area (Å²) in [6, 6.07) is 3.66. The summed E-state index contributed by atoms with van der Waals surface area (Å²) in [5.74, 6) is 1.33. The van der Waals surface area contributed by atoms with Crippen LogP contribution in [0.3, 0.4) is 0 Å². The lowest BCUT2D eigenvalue weighted by Crippen LogP contribution is -2.55. The molecule has 2 amide bonds. The number of nitrogens with one attached hydrogen (secondary N) is 1. The highest BCUT2D eigenvalue weighted by Crippen LogP contribution is 2.34. The second kappa shape index (κ2) is 7.54. The van der Waals surface area contributed by atoms with Crippen LogP contribution >= 0.6 is 0 Å². The van der Waals surface area contributed by atoms with Gasteiger partial charge in [-0.3, -0.25) is 14.5 Å². The van der Waals surface area contributed by atoms with E-state index in [2.05, 4.69) is 27.5 Å². The number of hydrogen-bond acceptors (Lipinski definition) is 6. The van der Waals surface area contributed by atoms with Gasteiger partial charge in [0.2, 0.25) is 5.82 Å². The van der Waals surface area contributed by atoms with Crippen molar-refractivity contribution < 1.29 is 14.0 Å². The minimum atomic E-state index is -0.239. The molecule has 1 N–H and O–H groups in total. The Labute approximate surface area is 175 Å². The SMILES string of the molecule is CN1Cc2nnc(C(=O)NC3CCCCC3)n2CC12CCN(C(=O)c1ccco1)C2. The third kappa shape index (κ3) is 3.30. The molecule has 0 bridgehead atoms. The Bertz CT molecular complexity index is 933. The van der Waals surface area contributed by atoms with E-state index in [9.17, 15) is 9.59 Å². The summed E-state index contributed by atoms with van der Waals surface area (Å²) < 4.78 is 7.25. The van der Waals surface area contributed by atoms with E-state index >= 15 is 0 Å². The van der Waals surface area contributed by atoms with Gasteiger partial charge >= 0.3 is 0 Å². The summed E-state index contributed by atoms with van der Waals surface area (Å²) in [4.78, 5) is 29.8. The molecule has 5 rings (SSSR count). The van der Waals surface area contributed by atoms with Crippen molar-refractivity contribution in [3.63, 3.8) is 0 Å². The van der Waals surface area contributed by atoms with Crippen molar-refractivity contribution in [2.75, 3.05) is 20.1 Å². The summed E-state index contributed by atoms with van der Waals surface area (Å²) in [5.41, 5.74) is -0.239. The van der Waals surface area contributed by atoms with Gasteiger partial charge in [-0.2, -0.15) is 0 Å². The van der Waals surface area contributed by atoms with Crippen LogP contribution in [-0.4, -0.2) is 68.1 Å². The Morgan fingerprint density at radius 2 is 2.03 bits per heavy atom. The molecule has 2 aromatic heterocycles. The number of aromatic nitrogens is 3. The molecule has 1 saturated heterocycles. The Morgan fingerprint density at radius 3 is 2.80 bits per heavy atom. The van der Waals surface area contributed by atoms with Gasteiger partial charge in [0.05, 0.1) is 18.3 Å². The number of fused-ring (bicyclic) bond motifs is 1. The minimum absolute atomic E-state index is 0.0879. The van der Waals surface area contributed by atoms with Gasteiger partial charge in [0.15, 0.2) is 5.76 Å². The van der Waals surface area contributed by atoms with Gasteiger partial charge in [-0.15, -0.1) is 10.2 Å². The van der Waals surface area contributed by atoms with E-state index in [4.69, 9.17) is 4.42 Å². The number of likely N-dealkylation sites (N-methyl/N-ethyl adjacent to an activating group) is 1. The van der Waals surface area contributed by atoms with Crippen LogP contribution in [-0.2, 0) is 13.1 Å². The lowest BCUT2D eigenvalue weighted by atomic mass is 9.94. The van der Waals surface area contributed by atoms with Crippen molar-refractivity contribution in [3.05, 3.63) is 35.8 Å². The molecule has 3 aliphatic rings. The largest absolute Gasteiger partial charge is 0.459 e. The van der Waals surface area contributed by atoms with Crippen molar-refractivity contribution in [1.82, 2.24) is 29.9 Å².